The average molecular weight is 297 g/mol. The van der Waals surface area contributed by atoms with Gasteiger partial charge < -0.3 is 4.98 Å². The van der Waals surface area contributed by atoms with Crippen LogP contribution >= 0.6 is 0 Å². The van der Waals surface area contributed by atoms with Gasteiger partial charge in [-0.1, -0.05) is 66.2 Å². The molecule has 0 aliphatic rings. The van der Waals surface area contributed by atoms with Gasteiger partial charge in [-0.15, -0.1) is 0 Å². The third kappa shape index (κ3) is 2.44. The number of hydrogen-bond donors (Lipinski definition) is 1. The van der Waals surface area contributed by atoms with Gasteiger partial charge >= 0.3 is 0 Å². The van der Waals surface area contributed by atoms with E-state index >= 15 is 0 Å². The molecular formula is C22H19N. The number of benzene rings is 2. The Morgan fingerprint density at radius 3 is 2.13 bits per heavy atom. The van der Waals surface area contributed by atoms with E-state index < -0.39 is 0 Å². The molecule has 0 aliphatic heterocycles. The van der Waals surface area contributed by atoms with Crippen molar-refractivity contribution >= 4 is 32.6 Å². The molecule has 23 heavy (non-hydrogen) atoms. The summed E-state index contributed by atoms with van der Waals surface area (Å²) in [6.07, 6.45) is 0. The lowest BCUT2D eigenvalue weighted by Crippen LogP contribution is -1.74. The summed E-state index contributed by atoms with van der Waals surface area (Å²) in [4.78, 5) is 3.65. The predicted octanol–water partition coefficient (Wildman–Crippen LogP) is 6.22. The van der Waals surface area contributed by atoms with Gasteiger partial charge in [0.1, 0.15) is 0 Å². The highest BCUT2D eigenvalue weighted by atomic mass is 14.7. The fourth-order valence-corrected chi connectivity index (χ4v) is 3.21. The lowest BCUT2D eigenvalue weighted by Gasteiger charge is -1.98. The molecule has 0 spiro atoms. The van der Waals surface area contributed by atoms with E-state index in [-0.39, 0.29) is 0 Å². The maximum absolute atomic E-state index is 3.65. The monoisotopic (exact) mass is 297 g/mol. The molecule has 112 valence electrons. The summed E-state index contributed by atoms with van der Waals surface area (Å²) in [7, 11) is 0. The van der Waals surface area contributed by atoms with Crippen LogP contribution in [0.1, 0.15) is 11.1 Å². The first-order chi connectivity index (χ1) is 11.2. The Balaban J connectivity index is 2.26. The van der Waals surface area contributed by atoms with E-state index in [4.69, 9.17) is 0 Å². The van der Waals surface area contributed by atoms with Gasteiger partial charge in [0.15, 0.2) is 0 Å². The molecule has 1 nitrogen and oxygen atoms in total. The molecule has 4 aromatic rings. The summed E-state index contributed by atoms with van der Waals surface area (Å²) < 4.78 is 0. The number of H-pyrrole nitrogens is 1. The highest BCUT2D eigenvalue weighted by Crippen LogP contribution is 2.30. The predicted molar refractivity (Wildman–Crippen MR) is 100 cm³/mol. The first-order valence-electron chi connectivity index (χ1n) is 7.97. The van der Waals surface area contributed by atoms with Crippen LogP contribution < -0.4 is 0 Å². The Kier molecular flexibility index (Phi) is 3.27. The molecule has 1 heteroatoms. The fraction of sp³-hybridized carbons (Fsp3) is 0.0909. The lowest BCUT2D eigenvalue weighted by atomic mass is 10.1. The van der Waals surface area contributed by atoms with Crippen molar-refractivity contribution in [1.29, 1.82) is 0 Å². The number of aromatic nitrogens is 1. The molecule has 1 N–H and O–H groups in total. The van der Waals surface area contributed by atoms with Crippen molar-refractivity contribution in [1.82, 2.24) is 4.98 Å². The molecule has 1 heterocycles. The van der Waals surface area contributed by atoms with Crippen LogP contribution in [-0.2, 0) is 0 Å². The second kappa shape index (κ2) is 5.44. The van der Waals surface area contributed by atoms with Crippen LogP contribution in [0.3, 0.4) is 0 Å². The van der Waals surface area contributed by atoms with Crippen molar-refractivity contribution in [2.24, 2.45) is 0 Å². The minimum absolute atomic E-state index is 1.17. The molecule has 0 atom stereocenters. The standard InChI is InChI=1S/C22H19N/c1-15-7-3-4-8-16(2)14-21-20(13-15)19-12-11-17-9-5-6-10-18(17)22(19)23-21/h3-14,23H,1-2H3. The maximum Gasteiger partial charge on any atom is 0.0544 e. The second-order valence-electron chi connectivity index (χ2n) is 6.16. The molecular weight excluding hydrogens is 278 g/mol. The Hall–Kier alpha value is -2.80. The van der Waals surface area contributed by atoms with E-state index in [0.29, 0.717) is 0 Å². The van der Waals surface area contributed by atoms with Crippen molar-refractivity contribution in [3.8, 4) is 0 Å². The Morgan fingerprint density at radius 2 is 1.30 bits per heavy atom. The van der Waals surface area contributed by atoms with Gasteiger partial charge in [-0.05, 0) is 36.9 Å². The van der Waals surface area contributed by atoms with Gasteiger partial charge in [-0.2, -0.15) is 0 Å². The van der Waals surface area contributed by atoms with Crippen LogP contribution in [0, 0.1) is 13.8 Å². The number of aromatic amines is 1. The van der Waals surface area contributed by atoms with Crippen molar-refractivity contribution in [3.63, 3.8) is 0 Å². The van der Waals surface area contributed by atoms with Crippen LogP contribution in [0.2, 0.25) is 0 Å². The molecule has 0 unspecified atom stereocenters. The normalized spacial score (nSPS) is 11.0. The van der Waals surface area contributed by atoms with Gasteiger partial charge in [0.05, 0.1) is 5.52 Å². The van der Waals surface area contributed by atoms with Gasteiger partial charge in [-0.3, -0.25) is 0 Å². The number of fused-ring (bicyclic) bond motifs is 5. The Morgan fingerprint density at radius 1 is 0.609 bits per heavy atom. The quantitative estimate of drug-likeness (QED) is 0.397. The van der Waals surface area contributed by atoms with Crippen LogP contribution in [0.15, 0.2) is 72.8 Å². The molecule has 0 saturated heterocycles. The topological polar surface area (TPSA) is 15.8 Å². The highest BCUT2D eigenvalue weighted by Gasteiger charge is 2.06. The Bertz CT molecular complexity index is 1080. The molecule has 0 radical (unpaired) electrons. The second-order valence-corrected chi connectivity index (χ2v) is 6.16. The summed E-state index contributed by atoms with van der Waals surface area (Å²) in [5.74, 6) is 0. The van der Waals surface area contributed by atoms with E-state index in [1.807, 2.05) is 0 Å². The molecule has 0 amide bonds. The summed E-state index contributed by atoms with van der Waals surface area (Å²) in [6.45, 7) is 4.28. The molecule has 0 aliphatic carbocycles. The summed E-state index contributed by atoms with van der Waals surface area (Å²) in [5, 5.41) is 5.09. The van der Waals surface area contributed by atoms with Gasteiger partial charge in [-0.25, -0.2) is 0 Å². The largest absolute Gasteiger partial charge is 0.354 e. The maximum atomic E-state index is 3.65. The van der Waals surface area contributed by atoms with Crippen molar-refractivity contribution in [3.05, 3.63) is 83.9 Å². The van der Waals surface area contributed by atoms with E-state index in [1.54, 1.807) is 0 Å². The number of nitrogens with one attached hydrogen (secondary N) is 1. The van der Waals surface area contributed by atoms with Crippen LogP contribution in [-0.4, -0.2) is 4.98 Å². The third-order valence-corrected chi connectivity index (χ3v) is 4.34. The lowest BCUT2D eigenvalue weighted by molar-refractivity contribution is 1.47. The van der Waals surface area contributed by atoms with Gasteiger partial charge in [0.2, 0.25) is 0 Å². The van der Waals surface area contributed by atoms with Crippen molar-refractivity contribution < 1.29 is 0 Å². The van der Waals surface area contributed by atoms with Crippen LogP contribution in [0.5, 0.6) is 0 Å². The molecule has 0 saturated carbocycles. The average Bonchev–Trinajstić information content (AvgIpc) is 2.89. The third-order valence-electron chi connectivity index (χ3n) is 4.34. The van der Waals surface area contributed by atoms with Crippen molar-refractivity contribution in [2.75, 3.05) is 0 Å². The van der Waals surface area contributed by atoms with E-state index in [1.165, 1.54) is 43.7 Å². The summed E-state index contributed by atoms with van der Waals surface area (Å²) in [6, 6.07) is 25.9. The minimum atomic E-state index is 1.17. The molecule has 0 fully saturated rings. The van der Waals surface area contributed by atoms with Crippen LogP contribution in [0.4, 0.5) is 0 Å². The zero-order valence-corrected chi connectivity index (χ0v) is 13.4. The van der Waals surface area contributed by atoms with Gasteiger partial charge in [0, 0.05) is 21.7 Å². The van der Waals surface area contributed by atoms with Crippen LogP contribution in [0.25, 0.3) is 32.6 Å². The summed E-state index contributed by atoms with van der Waals surface area (Å²) in [5.41, 5.74) is 4.87. The zero-order chi connectivity index (χ0) is 15.8. The SMILES string of the molecule is Cc1ccccc(C)cc2c(c1)[nH]c1c3ccccc3ccc21. The molecule has 0 bridgehead atoms. The smallest absolute Gasteiger partial charge is 0.0544 e. The Labute approximate surface area is 135 Å². The first kappa shape index (κ1) is 13.8. The number of aryl methyl sites for hydroxylation is 2. The van der Waals surface area contributed by atoms with E-state index in [9.17, 15) is 0 Å². The first-order valence-corrected chi connectivity index (χ1v) is 7.97. The van der Waals surface area contributed by atoms with E-state index in [2.05, 4.69) is 91.6 Å². The molecule has 4 rings (SSSR count). The van der Waals surface area contributed by atoms with Gasteiger partial charge in [0.25, 0.3) is 0 Å². The van der Waals surface area contributed by atoms with Crippen molar-refractivity contribution in [2.45, 2.75) is 13.8 Å². The highest BCUT2D eigenvalue weighted by molar-refractivity contribution is 6.16. The van der Waals surface area contributed by atoms with E-state index in [0.717, 1.165) is 0 Å². The minimum Gasteiger partial charge on any atom is -0.354 e. The summed E-state index contributed by atoms with van der Waals surface area (Å²) >= 11 is 0. The number of rotatable bonds is 0. The molecule has 1 aromatic heterocycles. The molecule has 3 aromatic carbocycles. The number of hydrogen-bond acceptors (Lipinski definition) is 0. The zero-order valence-electron chi connectivity index (χ0n) is 13.4. The fourth-order valence-electron chi connectivity index (χ4n) is 3.21.